The van der Waals surface area contributed by atoms with Gasteiger partial charge in [0, 0.05) is 10.9 Å². The van der Waals surface area contributed by atoms with Gasteiger partial charge in [-0.1, -0.05) is 54.6 Å². The first-order chi connectivity index (χ1) is 12.5. The van der Waals surface area contributed by atoms with E-state index in [1.165, 1.54) is 11.3 Å². The van der Waals surface area contributed by atoms with Crippen LogP contribution in [0.3, 0.4) is 0 Å². The summed E-state index contributed by atoms with van der Waals surface area (Å²) in [5, 5.41) is 14.5. The highest BCUT2D eigenvalue weighted by atomic mass is 32.1. The molecule has 0 aliphatic carbocycles. The van der Waals surface area contributed by atoms with E-state index < -0.39 is 12.0 Å². The molecular formula is C20H18N2O3S. The van der Waals surface area contributed by atoms with Crippen molar-refractivity contribution < 1.29 is 14.7 Å². The van der Waals surface area contributed by atoms with Crippen molar-refractivity contribution in [2.75, 3.05) is 0 Å². The van der Waals surface area contributed by atoms with Crippen molar-refractivity contribution in [1.82, 2.24) is 10.3 Å². The van der Waals surface area contributed by atoms with Crippen LogP contribution in [0.1, 0.15) is 34.1 Å². The fourth-order valence-electron chi connectivity index (χ4n) is 2.71. The molecule has 1 amide bonds. The van der Waals surface area contributed by atoms with Gasteiger partial charge in [-0.2, -0.15) is 0 Å². The molecule has 0 bridgehead atoms. The zero-order valence-electron chi connectivity index (χ0n) is 14.2. The maximum absolute atomic E-state index is 12.6. The third kappa shape index (κ3) is 4.15. The van der Waals surface area contributed by atoms with E-state index in [4.69, 9.17) is 0 Å². The number of aromatic nitrogens is 1. The summed E-state index contributed by atoms with van der Waals surface area (Å²) in [6.45, 7) is 1.90. The second kappa shape index (κ2) is 7.93. The van der Waals surface area contributed by atoms with E-state index in [2.05, 4.69) is 10.3 Å². The number of thiazole rings is 1. The Morgan fingerprint density at radius 2 is 1.81 bits per heavy atom. The van der Waals surface area contributed by atoms with Crippen LogP contribution in [0.4, 0.5) is 0 Å². The number of hydrogen-bond acceptors (Lipinski definition) is 4. The molecule has 0 radical (unpaired) electrons. The highest BCUT2D eigenvalue weighted by Gasteiger charge is 2.21. The van der Waals surface area contributed by atoms with Crippen LogP contribution in [0.25, 0.3) is 10.6 Å². The standard InChI is InChI=1S/C20H18N2O3S/c1-13-7-5-6-10-15(13)16(11-18(23)24)21-19(25)17-12-26-20(22-17)14-8-3-2-4-9-14/h2-10,12,16H,11H2,1H3,(H,21,25)(H,23,24)/t16-/m0/s1. The molecule has 3 rings (SSSR count). The van der Waals surface area contributed by atoms with Crippen molar-refractivity contribution in [1.29, 1.82) is 0 Å². The van der Waals surface area contributed by atoms with Crippen molar-refractivity contribution in [3.63, 3.8) is 0 Å². The van der Waals surface area contributed by atoms with Gasteiger partial charge < -0.3 is 10.4 Å². The maximum Gasteiger partial charge on any atom is 0.305 e. The summed E-state index contributed by atoms with van der Waals surface area (Å²) < 4.78 is 0. The lowest BCUT2D eigenvalue weighted by Gasteiger charge is -2.18. The van der Waals surface area contributed by atoms with Crippen LogP contribution in [0.5, 0.6) is 0 Å². The van der Waals surface area contributed by atoms with Gasteiger partial charge in [-0.05, 0) is 18.1 Å². The number of hydrogen-bond donors (Lipinski definition) is 2. The van der Waals surface area contributed by atoms with Gasteiger partial charge in [0.2, 0.25) is 0 Å². The molecule has 2 N–H and O–H groups in total. The molecule has 1 heterocycles. The number of carboxylic acid groups (broad SMARTS) is 1. The van der Waals surface area contributed by atoms with E-state index in [1.807, 2.05) is 61.5 Å². The van der Waals surface area contributed by atoms with Gasteiger partial charge in [0.1, 0.15) is 10.7 Å². The van der Waals surface area contributed by atoms with Gasteiger partial charge in [0.05, 0.1) is 12.5 Å². The first kappa shape index (κ1) is 17.8. The largest absolute Gasteiger partial charge is 0.481 e. The van der Waals surface area contributed by atoms with E-state index in [9.17, 15) is 14.7 Å². The molecule has 132 valence electrons. The highest BCUT2D eigenvalue weighted by Crippen LogP contribution is 2.25. The van der Waals surface area contributed by atoms with Gasteiger partial charge in [-0.3, -0.25) is 9.59 Å². The van der Waals surface area contributed by atoms with Crippen LogP contribution in [-0.2, 0) is 4.79 Å². The highest BCUT2D eigenvalue weighted by molar-refractivity contribution is 7.13. The lowest BCUT2D eigenvalue weighted by atomic mass is 9.98. The SMILES string of the molecule is Cc1ccccc1[C@H](CC(=O)O)NC(=O)c1csc(-c2ccccc2)n1. The molecule has 0 aliphatic rings. The monoisotopic (exact) mass is 366 g/mol. The fourth-order valence-corrected chi connectivity index (χ4v) is 3.52. The van der Waals surface area contributed by atoms with Crippen LogP contribution in [-0.4, -0.2) is 22.0 Å². The normalized spacial score (nSPS) is 11.7. The number of carbonyl (C=O) groups is 2. The summed E-state index contributed by atoms with van der Waals surface area (Å²) in [5.74, 6) is -1.35. The molecule has 1 atom stereocenters. The number of carboxylic acids is 1. The first-order valence-corrected chi connectivity index (χ1v) is 9.01. The Balaban J connectivity index is 1.81. The van der Waals surface area contributed by atoms with Crippen molar-refractivity contribution >= 4 is 23.2 Å². The van der Waals surface area contributed by atoms with Gasteiger partial charge in [0.15, 0.2) is 0 Å². The van der Waals surface area contributed by atoms with Crippen LogP contribution in [0.2, 0.25) is 0 Å². The quantitative estimate of drug-likeness (QED) is 0.689. The van der Waals surface area contributed by atoms with E-state index >= 15 is 0 Å². The third-order valence-electron chi connectivity index (χ3n) is 4.01. The lowest BCUT2D eigenvalue weighted by molar-refractivity contribution is -0.137. The Hall–Kier alpha value is -2.99. The Bertz CT molecular complexity index is 922. The predicted molar refractivity (Wildman–Crippen MR) is 101 cm³/mol. The van der Waals surface area contributed by atoms with Crippen LogP contribution in [0.15, 0.2) is 60.0 Å². The van der Waals surface area contributed by atoms with E-state index in [0.717, 1.165) is 21.7 Å². The minimum atomic E-state index is -0.971. The molecule has 26 heavy (non-hydrogen) atoms. The molecule has 0 spiro atoms. The summed E-state index contributed by atoms with van der Waals surface area (Å²) in [6, 6.07) is 16.4. The summed E-state index contributed by atoms with van der Waals surface area (Å²) >= 11 is 1.38. The Kier molecular flexibility index (Phi) is 5.43. The van der Waals surface area contributed by atoms with Crippen molar-refractivity contribution in [2.24, 2.45) is 0 Å². The zero-order chi connectivity index (χ0) is 18.5. The van der Waals surface area contributed by atoms with Crippen molar-refractivity contribution in [2.45, 2.75) is 19.4 Å². The van der Waals surface area contributed by atoms with Gasteiger partial charge in [-0.25, -0.2) is 4.98 Å². The second-order valence-corrected chi connectivity index (χ2v) is 6.74. The molecule has 5 nitrogen and oxygen atoms in total. The number of nitrogens with zero attached hydrogens (tertiary/aromatic N) is 1. The molecule has 1 aromatic heterocycles. The summed E-state index contributed by atoms with van der Waals surface area (Å²) in [5.41, 5.74) is 2.96. The summed E-state index contributed by atoms with van der Waals surface area (Å²) in [6.07, 6.45) is -0.188. The molecular weight excluding hydrogens is 348 g/mol. The lowest BCUT2D eigenvalue weighted by Crippen LogP contribution is -2.30. The molecule has 0 unspecified atom stereocenters. The Labute approximate surface area is 155 Å². The topological polar surface area (TPSA) is 79.3 Å². The van der Waals surface area contributed by atoms with Crippen molar-refractivity contribution in [3.8, 4) is 10.6 Å². The Morgan fingerprint density at radius 3 is 2.50 bits per heavy atom. The second-order valence-electron chi connectivity index (χ2n) is 5.88. The van der Waals surface area contributed by atoms with Crippen molar-refractivity contribution in [3.05, 3.63) is 76.8 Å². The number of aliphatic carboxylic acids is 1. The predicted octanol–water partition coefficient (Wildman–Crippen LogP) is 4.06. The van der Waals surface area contributed by atoms with E-state index in [-0.39, 0.29) is 18.0 Å². The van der Waals surface area contributed by atoms with E-state index in [1.54, 1.807) is 5.38 Å². The minimum absolute atomic E-state index is 0.188. The summed E-state index contributed by atoms with van der Waals surface area (Å²) in [4.78, 5) is 28.2. The number of aryl methyl sites for hydroxylation is 1. The smallest absolute Gasteiger partial charge is 0.305 e. The third-order valence-corrected chi connectivity index (χ3v) is 4.90. The molecule has 0 fully saturated rings. The molecule has 0 saturated heterocycles. The number of nitrogens with one attached hydrogen (secondary N) is 1. The minimum Gasteiger partial charge on any atom is -0.481 e. The molecule has 2 aromatic carbocycles. The number of rotatable bonds is 6. The van der Waals surface area contributed by atoms with Gasteiger partial charge >= 0.3 is 5.97 Å². The average molecular weight is 366 g/mol. The van der Waals surface area contributed by atoms with Crippen LogP contribution in [0, 0.1) is 6.92 Å². The molecule has 6 heteroatoms. The maximum atomic E-state index is 12.6. The molecule has 3 aromatic rings. The van der Waals surface area contributed by atoms with Gasteiger partial charge in [0.25, 0.3) is 5.91 Å². The molecule has 0 saturated carbocycles. The summed E-state index contributed by atoms with van der Waals surface area (Å²) in [7, 11) is 0. The number of carbonyl (C=O) groups excluding carboxylic acids is 1. The number of benzene rings is 2. The first-order valence-electron chi connectivity index (χ1n) is 8.13. The van der Waals surface area contributed by atoms with Gasteiger partial charge in [-0.15, -0.1) is 11.3 Å². The number of amides is 1. The van der Waals surface area contributed by atoms with Crippen LogP contribution < -0.4 is 5.32 Å². The average Bonchev–Trinajstić information content (AvgIpc) is 3.12. The Morgan fingerprint density at radius 1 is 1.12 bits per heavy atom. The fraction of sp³-hybridized carbons (Fsp3) is 0.150. The molecule has 0 aliphatic heterocycles. The zero-order valence-corrected chi connectivity index (χ0v) is 15.0. The van der Waals surface area contributed by atoms with Crippen LogP contribution >= 0.6 is 11.3 Å². The van der Waals surface area contributed by atoms with E-state index in [0.29, 0.717) is 0 Å².